The molecule has 0 N–H and O–H groups in total. The molecule has 0 aromatic carbocycles. The lowest BCUT2D eigenvalue weighted by Gasteiger charge is -2.36. The molecular formula is C13H20N4. The minimum absolute atomic E-state index is 0.638. The minimum Gasteiger partial charge on any atom is -0.349 e. The maximum atomic E-state index is 4.49. The van der Waals surface area contributed by atoms with Crippen molar-refractivity contribution in [2.75, 3.05) is 18.0 Å². The fourth-order valence-corrected chi connectivity index (χ4v) is 3.14. The third-order valence-electron chi connectivity index (χ3n) is 4.01. The summed E-state index contributed by atoms with van der Waals surface area (Å²) in [5.74, 6) is 1.05. The topological polar surface area (TPSA) is 32.3 Å². The zero-order valence-corrected chi connectivity index (χ0v) is 10.8. The van der Waals surface area contributed by atoms with Crippen LogP contribution in [0.2, 0.25) is 0 Å². The van der Waals surface area contributed by atoms with Crippen molar-refractivity contribution in [3.63, 3.8) is 0 Å². The first-order chi connectivity index (χ1) is 8.15. The fraction of sp³-hybridized carbons (Fsp3) is 0.692. The number of rotatable bonds is 2. The number of likely N-dealkylation sites (tertiary alicyclic amines) is 1. The third kappa shape index (κ3) is 1.80. The number of piperazine rings is 1. The van der Waals surface area contributed by atoms with Gasteiger partial charge in [0.15, 0.2) is 0 Å². The summed E-state index contributed by atoms with van der Waals surface area (Å²) in [4.78, 5) is 13.9. The molecule has 4 nitrogen and oxygen atoms in total. The second-order valence-corrected chi connectivity index (χ2v) is 5.50. The zero-order valence-electron chi connectivity index (χ0n) is 10.8. The van der Waals surface area contributed by atoms with Gasteiger partial charge in [-0.2, -0.15) is 0 Å². The second kappa shape index (κ2) is 3.95. The van der Waals surface area contributed by atoms with E-state index < -0.39 is 0 Å². The Morgan fingerprint density at radius 1 is 1.18 bits per heavy atom. The molecule has 1 aromatic rings. The highest BCUT2D eigenvalue weighted by Gasteiger charge is 2.44. The Kier molecular flexibility index (Phi) is 2.54. The van der Waals surface area contributed by atoms with Gasteiger partial charge in [0.1, 0.15) is 5.82 Å². The van der Waals surface area contributed by atoms with Crippen LogP contribution in [0.15, 0.2) is 12.4 Å². The molecule has 3 heterocycles. The summed E-state index contributed by atoms with van der Waals surface area (Å²) >= 11 is 0. The Hall–Kier alpha value is -1.16. The summed E-state index contributed by atoms with van der Waals surface area (Å²) in [7, 11) is 0. The van der Waals surface area contributed by atoms with Crippen molar-refractivity contribution in [2.45, 2.75) is 45.3 Å². The van der Waals surface area contributed by atoms with Crippen LogP contribution in [0.4, 0.5) is 5.82 Å². The Bertz CT molecular complexity index is 400. The van der Waals surface area contributed by atoms with Crippen LogP contribution >= 0.6 is 0 Å². The van der Waals surface area contributed by atoms with Gasteiger partial charge in [0.25, 0.3) is 0 Å². The van der Waals surface area contributed by atoms with E-state index in [-0.39, 0.29) is 0 Å². The molecule has 0 spiro atoms. The van der Waals surface area contributed by atoms with Crippen molar-refractivity contribution in [1.29, 1.82) is 0 Å². The number of aromatic nitrogens is 2. The first-order valence-corrected chi connectivity index (χ1v) is 6.46. The Morgan fingerprint density at radius 2 is 2.00 bits per heavy atom. The molecule has 1 aromatic heterocycles. The molecule has 0 amide bonds. The van der Waals surface area contributed by atoms with Crippen LogP contribution in [0, 0.1) is 6.92 Å². The van der Waals surface area contributed by atoms with Gasteiger partial charge in [-0.05, 0) is 27.2 Å². The first-order valence-electron chi connectivity index (χ1n) is 6.46. The van der Waals surface area contributed by atoms with E-state index >= 15 is 0 Å². The van der Waals surface area contributed by atoms with E-state index in [2.05, 4.69) is 33.6 Å². The predicted molar refractivity (Wildman–Crippen MR) is 68.2 cm³/mol. The van der Waals surface area contributed by atoms with Crippen molar-refractivity contribution in [2.24, 2.45) is 0 Å². The van der Waals surface area contributed by atoms with Crippen molar-refractivity contribution in [3.8, 4) is 0 Å². The van der Waals surface area contributed by atoms with Crippen LogP contribution < -0.4 is 4.90 Å². The molecule has 2 bridgehead atoms. The SMILES string of the molecule is Cc1cnc(N2CC3CC2CN3C(C)C)cn1. The van der Waals surface area contributed by atoms with Crippen molar-refractivity contribution in [1.82, 2.24) is 14.9 Å². The van der Waals surface area contributed by atoms with E-state index in [0.717, 1.165) is 18.1 Å². The summed E-state index contributed by atoms with van der Waals surface area (Å²) in [6.07, 6.45) is 5.06. The maximum Gasteiger partial charge on any atom is 0.147 e. The molecule has 0 radical (unpaired) electrons. The van der Waals surface area contributed by atoms with Gasteiger partial charge in [-0.1, -0.05) is 0 Å². The summed E-state index contributed by atoms with van der Waals surface area (Å²) in [5, 5.41) is 0. The maximum absolute atomic E-state index is 4.49. The highest BCUT2D eigenvalue weighted by Crippen LogP contribution is 2.34. The molecule has 0 saturated carbocycles. The van der Waals surface area contributed by atoms with E-state index in [4.69, 9.17) is 0 Å². The van der Waals surface area contributed by atoms with E-state index in [9.17, 15) is 0 Å². The average molecular weight is 232 g/mol. The second-order valence-electron chi connectivity index (χ2n) is 5.50. The lowest BCUT2D eigenvalue weighted by molar-refractivity contribution is 0.191. The molecule has 2 saturated heterocycles. The summed E-state index contributed by atoms with van der Waals surface area (Å²) < 4.78 is 0. The van der Waals surface area contributed by atoms with Crippen LogP contribution in [-0.2, 0) is 0 Å². The van der Waals surface area contributed by atoms with E-state index in [0.29, 0.717) is 18.1 Å². The Balaban J connectivity index is 1.76. The predicted octanol–water partition coefficient (Wildman–Crippen LogP) is 1.46. The molecule has 3 rings (SSSR count). The van der Waals surface area contributed by atoms with Crippen LogP contribution in [0.3, 0.4) is 0 Å². The highest BCUT2D eigenvalue weighted by atomic mass is 15.4. The number of aryl methyl sites for hydroxylation is 1. The van der Waals surface area contributed by atoms with Gasteiger partial charge in [-0.3, -0.25) is 9.88 Å². The number of nitrogens with zero attached hydrogens (tertiary/aromatic N) is 4. The van der Waals surface area contributed by atoms with Gasteiger partial charge in [0.05, 0.1) is 18.1 Å². The molecule has 2 unspecified atom stereocenters. The van der Waals surface area contributed by atoms with Gasteiger partial charge in [0.2, 0.25) is 0 Å². The summed E-state index contributed by atoms with van der Waals surface area (Å²) in [5.41, 5.74) is 0.988. The van der Waals surface area contributed by atoms with Gasteiger partial charge < -0.3 is 4.90 Å². The molecule has 92 valence electrons. The molecule has 4 heteroatoms. The van der Waals surface area contributed by atoms with Crippen LogP contribution in [-0.4, -0.2) is 46.1 Å². The van der Waals surface area contributed by atoms with Gasteiger partial charge in [-0.25, -0.2) is 4.98 Å². The normalized spacial score (nSPS) is 28.4. The number of anilines is 1. The summed E-state index contributed by atoms with van der Waals surface area (Å²) in [6, 6.07) is 2.01. The molecule has 0 aliphatic carbocycles. The Morgan fingerprint density at radius 3 is 2.53 bits per heavy atom. The van der Waals surface area contributed by atoms with Crippen molar-refractivity contribution < 1.29 is 0 Å². The summed E-state index contributed by atoms with van der Waals surface area (Å²) in [6.45, 7) is 8.85. The quantitative estimate of drug-likeness (QED) is 0.772. The van der Waals surface area contributed by atoms with Gasteiger partial charge >= 0.3 is 0 Å². The highest BCUT2D eigenvalue weighted by molar-refractivity contribution is 5.41. The molecule has 2 atom stereocenters. The van der Waals surface area contributed by atoms with E-state index in [1.807, 2.05) is 19.3 Å². The van der Waals surface area contributed by atoms with E-state index in [1.165, 1.54) is 13.0 Å². The average Bonchev–Trinajstić information content (AvgIpc) is 2.89. The molecular weight excluding hydrogens is 212 g/mol. The van der Waals surface area contributed by atoms with Gasteiger partial charge in [0, 0.05) is 31.2 Å². The lowest BCUT2D eigenvalue weighted by Crippen LogP contribution is -2.49. The first kappa shape index (κ1) is 11.0. The van der Waals surface area contributed by atoms with E-state index in [1.54, 1.807) is 0 Å². The fourth-order valence-electron chi connectivity index (χ4n) is 3.14. The molecule has 2 aliphatic heterocycles. The smallest absolute Gasteiger partial charge is 0.147 e. The van der Waals surface area contributed by atoms with Crippen molar-refractivity contribution >= 4 is 5.82 Å². The van der Waals surface area contributed by atoms with Crippen LogP contribution in [0.5, 0.6) is 0 Å². The van der Waals surface area contributed by atoms with Crippen molar-refractivity contribution in [3.05, 3.63) is 18.1 Å². The van der Waals surface area contributed by atoms with Gasteiger partial charge in [-0.15, -0.1) is 0 Å². The monoisotopic (exact) mass is 232 g/mol. The zero-order chi connectivity index (χ0) is 12.0. The third-order valence-corrected chi connectivity index (χ3v) is 4.01. The minimum atomic E-state index is 0.638. The molecule has 2 aliphatic rings. The standard InChI is InChI=1S/C13H20N4/c1-9(2)16-7-12-4-11(16)8-17(12)13-6-14-10(3)5-15-13/h5-6,9,11-12H,4,7-8H2,1-3H3. The van der Waals surface area contributed by atoms with Crippen LogP contribution in [0.1, 0.15) is 26.0 Å². The lowest BCUT2D eigenvalue weighted by atomic mass is 10.2. The largest absolute Gasteiger partial charge is 0.349 e. The number of hydrogen-bond donors (Lipinski definition) is 0. The van der Waals surface area contributed by atoms with Crippen LogP contribution in [0.25, 0.3) is 0 Å². The molecule has 17 heavy (non-hydrogen) atoms. The Labute approximate surface area is 103 Å². The molecule has 2 fully saturated rings. The number of fused-ring (bicyclic) bond motifs is 2. The number of hydrogen-bond acceptors (Lipinski definition) is 4.